The van der Waals surface area contributed by atoms with Gasteiger partial charge in [0.1, 0.15) is 0 Å². The molecule has 1 saturated heterocycles. The number of aromatic nitrogens is 3. The van der Waals surface area contributed by atoms with Crippen LogP contribution in [-0.4, -0.2) is 79.2 Å². The standard InChI is InChI=1S/C14H24N6O3/c1-3-23-14(21)20-8-6-19(7-9-20)13-17-12(11-16-18-13)15-5-4-10-22-2/h11H,3-10H2,1-2H3,(H,15,17,18). The molecule has 0 radical (unpaired) electrons. The van der Waals surface area contributed by atoms with E-state index in [2.05, 4.69) is 20.5 Å². The van der Waals surface area contributed by atoms with Crippen molar-refractivity contribution in [2.45, 2.75) is 13.3 Å². The number of anilines is 2. The van der Waals surface area contributed by atoms with Crippen LogP contribution in [0.25, 0.3) is 0 Å². The molecule has 1 aromatic rings. The van der Waals surface area contributed by atoms with Crippen molar-refractivity contribution in [3.8, 4) is 0 Å². The van der Waals surface area contributed by atoms with E-state index in [9.17, 15) is 4.79 Å². The molecule has 0 bridgehead atoms. The van der Waals surface area contributed by atoms with Crippen molar-refractivity contribution < 1.29 is 14.3 Å². The first-order chi connectivity index (χ1) is 11.2. The van der Waals surface area contributed by atoms with E-state index in [0.717, 1.165) is 13.0 Å². The third kappa shape index (κ3) is 5.20. The average Bonchev–Trinajstić information content (AvgIpc) is 2.59. The molecule has 0 saturated carbocycles. The topological polar surface area (TPSA) is 92.7 Å². The third-order valence-corrected chi connectivity index (χ3v) is 3.47. The maximum absolute atomic E-state index is 11.7. The highest BCUT2D eigenvalue weighted by molar-refractivity contribution is 5.68. The van der Waals surface area contributed by atoms with Gasteiger partial charge in [-0.2, -0.15) is 10.1 Å². The second kappa shape index (κ2) is 9.09. The van der Waals surface area contributed by atoms with Crippen LogP contribution in [0.15, 0.2) is 6.20 Å². The maximum Gasteiger partial charge on any atom is 0.409 e. The first kappa shape index (κ1) is 17.2. The van der Waals surface area contributed by atoms with Crippen molar-refractivity contribution >= 4 is 17.9 Å². The Hall–Kier alpha value is -2.16. The Balaban J connectivity index is 1.84. The Bertz CT molecular complexity index is 493. The third-order valence-electron chi connectivity index (χ3n) is 3.47. The molecule has 0 atom stereocenters. The fourth-order valence-corrected chi connectivity index (χ4v) is 2.25. The van der Waals surface area contributed by atoms with Gasteiger partial charge in [-0.1, -0.05) is 0 Å². The Labute approximate surface area is 136 Å². The number of rotatable bonds is 7. The fourth-order valence-electron chi connectivity index (χ4n) is 2.25. The second-order valence-electron chi connectivity index (χ2n) is 5.09. The summed E-state index contributed by atoms with van der Waals surface area (Å²) in [6.45, 7) is 6.17. The highest BCUT2D eigenvalue weighted by Crippen LogP contribution is 2.13. The molecule has 9 heteroatoms. The van der Waals surface area contributed by atoms with Gasteiger partial charge in [0, 0.05) is 46.4 Å². The van der Waals surface area contributed by atoms with E-state index >= 15 is 0 Å². The Morgan fingerprint density at radius 1 is 1.35 bits per heavy atom. The van der Waals surface area contributed by atoms with Gasteiger partial charge in [0.25, 0.3) is 0 Å². The summed E-state index contributed by atoms with van der Waals surface area (Å²) in [4.78, 5) is 19.9. The van der Waals surface area contributed by atoms with Gasteiger partial charge in [-0.05, 0) is 13.3 Å². The van der Waals surface area contributed by atoms with Crippen LogP contribution >= 0.6 is 0 Å². The largest absolute Gasteiger partial charge is 0.450 e. The monoisotopic (exact) mass is 324 g/mol. The van der Waals surface area contributed by atoms with Crippen LogP contribution in [0.2, 0.25) is 0 Å². The van der Waals surface area contributed by atoms with Crippen LogP contribution in [0.3, 0.4) is 0 Å². The fraction of sp³-hybridized carbons (Fsp3) is 0.714. The molecule has 0 aromatic carbocycles. The minimum Gasteiger partial charge on any atom is -0.450 e. The molecule has 2 heterocycles. The summed E-state index contributed by atoms with van der Waals surface area (Å²) >= 11 is 0. The summed E-state index contributed by atoms with van der Waals surface area (Å²) in [5, 5.41) is 11.3. The summed E-state index contributed by atoms with van der Waals surface area (Å²) in [7, 11) is 1.68. The zero-order valence-electron chi connectivity index (χ0n) is 13.7. The smallest absolute Gasteiger partial charge is 0.409 e. The molecule has 23 heavy (non-hydrogen) atoms. The molecule has 128 valence electrons. The Morgan fingerprint density at radius 3 is 2.83 bits per heavy atom. The van der Waals surface area contributed by atoms with Crippen LogP contribution in [-0.2, 0) is 9.47 Å². The van der Waals surface area contributed by atoms with Gasteiger partial charge < -0.3 is 24.6 Å². The van der Waals surface area contributed by atoms with Crippen LogP contribution in [0.4, 0.5) is 16.6 Å². The normalized spacial score (nSPS) is 14.7. The molecule has 1 amide bonds. The van der Waals surface area contributed by atoms with E-state index in [4.69, 9.17) is 9.47 Å². The molecule has 0 spiro atoms. The molecule has 0 aliphatic carbocycles. The number of methoxy groups -OCH3 is 1. The number of amides is 1. The van der Waals surface area contributed by atoms with Crippen molar-refractivity contribution in [1.82, 2.24) is 20.1 Å². The van der Waals surface area contributed by atoms with Crippen molar-refractivity contribution in [3.63, 3.8) is 0 Å². The van der Waals surface area contributed by atoms with Crippen molar-refractivity contribution in [2.24, 2.45) is 0 Å². The number of ether oxygens (including phenoxy) is 2. The van der Waals surface area contributed by atoms with Crippen molar-refractivity contribution in [2.75, 3.05) is 63.3 Å². The number of carbonyl (C=O) groups is 1. The average molecular weight is 324 g/mol. The van der Waals surface area contributed by atoms with Crippen LogP contribution < -0.4 is 10.2 Å². The Morgan fingerprint density at radius 2 is 2.13 bits per heavy atom. The van der Waals surface area contributed by atoms with Gasteiger partial charge in [0.2, 0.25) is 5.95 Å². The lowest BCUT2D eigenvalue weighted by Crippen LogP contribution is -2.49. The highest BCUT2D eigenvalue weighted by atomic mass is 16.6. The maximum atomic E-state index is 11.7. The predicted octanol–water partition coefficient (Wildman–Crippen LogP) is 0.598. The number of nitrogens with one attached hydrogen (secondary N) is 1. The van der Waals surface area contributed by atoms with Gasteiger partial charge >= 0.3 is 6.09 Å². The summed E-state index contributed by atoms with van der Waals surface area (Å²) in [6, 6.07) is 0. The van der Waals surface area contributed by atoms with E-state index < -0.39 is 0 Å². The van der Waals surface area contributed by atoms with E-state index in [1.165, 1.54) is 0 Å². The zero-order chi connectivity index (χ0) is 16.5. The van der Waals surface area contributed by atoms with E-state index in [1.807, 2.05) is 4.90 Å². The van der Waals surface area contributed by atoms with Gasteiger partial charge in [-0.25, -0.2) is 4.79 Å². The molecular weight excluding hydrogens is 300 g/mol. The van der Waals surface area contributed by atoms with Crippen LogP contribution in [0.5, 0.6) is 0 Å². The summed E-state index contributed by atoms with van der Waals surface area (Å²) in [5.74, 6) is 1.27. The molecule has 9 nitrogen and oxygen atoms in total. The molecule has 0 unspecified atom stereocenters. The minimum atomic E-state index is -0.264. The van der Waals surface area contributed by atoms with Crippen LogP contribution in [0.1, 0.15) is 13.3 Å². The molecule has 1 N–H and O–H groups in total. The SMILES string of the molecule is CCOC(=O)N1CCN(c2nncc(NCCCOC)n2)CC1. The summed E-state index contributed by atoms with van der Waals surface area (Å²) < 4.78 is 10.0. The zero-order valence-corrected chi connectivity index (χ0v) is 13.7. The lowest BCUT2D eigenvalue weighted by molar-refractivity contribution is 0.105. The molecule has 1 aliphatic rings. The second-order valence-corrected chi connectivity index (χ2v) is 5.09. The summed E-state index contributed by atoms with van der Waals surface area (Å²) in [6.07, 6.45) is 2.24. The van der Waals surface area contributed by atoms with Gasteiger partial charge in [-0.15, -0.1) is 5.10 Å². The summed E-state index contributed by atoms with van der Waals surface area (Å²) in [5.41, 5.74) is 0. The van der Waals surface area contributed by atoms with E-state index in [0.29, 0.717) is 51.2 Å². The number of nitrogens with zero attached hydrogens (tertiary/aromatic N) is 5. The highest BCUT2D eigenvalue weighted by Gasteiger charge is 2.23. The van der Waals surface area contributed by atoms with E-state index in [1.54, 1.807) is 25.1 Å². The first-order valence-electron chi connectivity index (χ1n) is 7.83. The van der Waals surface area contributed by atoms with E-state index in [-0.39, 0.29) is 6.09 Å². The molecular formula is C14H24N6O3. The van der Waals surface area contributed by atoms with Gasteiger partial charge in [-0.3, -0.25) is 0 Å². The van der Waals surface area contributed by atoms with Crippen LogP contribution in [0, 0.1) is 0 Å². The minimum absolute atomic E-state index is 0.264. The number of carbonyl (C=O) groups excluding carboxylic acids is 1. The lowest BCUT2D eigenvalue weighted by Gasteiger charge is -2.33. The number of hydrogen-bond donors (Lipinski definition) is 1. The molecule has 2 rings (SSSR count). The molecule has 1 aromatic heterocycles. The quantitative estimate of drug-likeness (QED) is 0.729. The molecule has 1 fully saturated rings. The number of piperazine rings is 1. The predicted molar refractivity (Wildman–Crippen MR) is 85.6 cm³/mol. The van der Waals surface area contributed by atoms with Gasteiger partial charge in [0.15, 0.2) is 5.82 Å². The van der Waals surface area contributed by atoms with Crippen molar-refractivity contribution in [3.05, 3.63) is 6.20 Å². The lowest BCUT2D eigenvalue weighted by atomic mass is 10.3. The Kier molecular flexibility index (Phi) is 6.79. The van der Waals surface area contributed by atoms with Gasteiger partial charge in [0.05, 0.1) is 12.8 Å². The first-order valence-corrected chi connectivity index (χ1v) is 7.83. The molecule has 1 aliphatic heterocycles. The van der Waals surface area contributed by atoms with Crippen molar-refractivity contribution in [1.29, 1.82) is 0 Å². The number of hydrogen-bond acceptors (Lipinski definition) is 8.